The Bertz CT molecular complexity index is 720. The van der Waals surface area contributed by atoms with Crippen molar-refractivity contribution in [2.45, 2.75) is 46.1 Å². The third-order valence-electron chi connectivity index (χ3n) is 3.25. The Morgan fingerprint density at radius 3 is 2.52 bits per heavy atom. The monoisotopic (exact) mass is 423 g/mol. The summed E-state index contributed by atoms with van der Waals surface area (Å²) < 4.78 is 1.01. The maximum atomic E-state index is 12.5. The van der Waals surface area contributed by atoms with Crippen LogP contribution >= 0.6 is 22.6 Å². The van der Waals surface area contributed by atoms with Crippen LogP contribution in [0, 0.1) is 3.57 Å². The number of halogens is 1. The van der Waals surface area contributed by atoms with Crippen LogP contribution in [-0.4, -0.2) is 21.4 Å². The minimum absolute atomic E-state index is 0.0692. The Balaban J connectivity index is 2.48. The van der Waals surface area contributed by atoms with E-state index in [1.165, 1.54) is 0 Å². The van der Waals surface area contributed by atoms with E-state index in [2.05, 4.69) is 57.8 Å². The normalized spacial score (nSPS) is 11.6. The van der Waals surface area contributed by atoms with E-state index in [1.54, 1.807) is 6.33 Å². The van der Waals surface area contributed by atoms with Gasteiger partial charge in [-0.05, 0) is 73.0 Å². The zero-order chi connectivity index (χ0) is 17.2. The predicted molar refractivity (Wildman–Crippen MR) is 101 cm³/mol. The average Bonchev–Trinajstić information content (AvgIpc) is 2.44. The molecule has 1 amide bonds. The average molecular weight is 423 g/mol. The third kappa shape index (κ3) is 4.73. The van der Waals surface area contributed by atoms with E-state index in [0.717, 1.165) is 20.4 Å². The number of aromatic nitrogens is 2. The van der Waals surface area contributed by atoms with E-state index >= 15 is 0 Å². The van der Waals surface area contributed by atoms with Crippen molar-refractivity contribution in [2.24, 2.45) is 0 Å². The maximum Gasteiger partial charge on any atom is 0.251 e. The Kier molecular flexibility index (Phi) is 5.39. The lowest BCUT2D eigenvalue weighted by Crippen LogP contribution is -2.40. The topological polar surface area (TPSA) is 54.9 Å². The van der Waals surface area contributed by atoms with Crippen LogP contribution in [0.3, 0.4) is 0 Å². The summed E-state index contributed by atoms with van der Waals surface area (Å²) in [5, 5.41) is 3.01. The van der Waals surface area contributed by atoms with Gasteiger partial charge in [-0.3, -0.25) is 4.79 Å². The van der Waals surface area contributed by atoms with E-state index in [4.69, 9.17) is 0 Å². The lowest BCUT2D eigenvalue weighted by molar-refractivity contribution is 0.0919. The fourth-order valence-electron chi connectivity index (χ4n) is 2.31. The van der Waals surface area contributed by atoms with Crippen LogP contribution in [0.25, 0.3) is 11.1 Å². The summed E-state index contributed by atoms with van der Waals surface area (Å²) in [5.41, 5.74) is 3.33. The standard InChI is InChI=1S/C18H22IN3O/c1-11(2)16-15(9-20-10-21-16)12-6-13(8-14(19)7-12)17(23)22-18(3,4)5/h6-11H,1-5H3,(H,22,23). The molecule has 1 N–H and O–H groups in total. The SMILES string of the molecule is CC(C)c1ncncc1-c1cc(I)cc(C(=O)NC(C)(C)C)c1. The van der Waals surface area contributed by atoms with Gasteiger partial charge in [0.05, 0.1) is 5.69 Å². The summed E-state index contributed by atoms with van der Waals surface area (Å²) in [6.45, 7) is 10.1. The summed E-state index contributed by atoms with van der Waals surface area (Å²) in [4.78, 5) is 21.0. The van der Waals surface area contributed by atoms with Gasteiger partial charge < -0.3 is 5.32 Å². The number of hydrogen-bond acceptors (Lipinski definition) is 3. The van der Waals surface area contributed by atoms with Gasteiger partial charge in [-0.1, -0.05) is 13.8 Å². The highest BCUT2D eigenvalue weighted by Gasteiger charge is 2.18. The van der Waals surface area contributed by atoms with Crippen molar-refractivity contribution in [3.8, 4) is 11.1 Å². The highest BCUT2D eigenvalue weighted by atomic mass is 127. The molecule has 1 aromatic carbocycles. The minimum atomic E-state index is -0.266. The molecule has 23 heavy (non-hydrogen) atoms. The molecule has 122 valence electrons. The molecule has 0 aliphatic heterocycles. The molecule has 0 spiro atoms. The first kappa shape index (κ1) is 17.8. The first-order valence-corrected chi connectivity index (χ1v) is 8.68. The number of carbonyl (C=O) groups is 1. The highest BCUT2D eigenvalue weighted by Crippen LogP contribution is 2.29. The molecular formula is C18H22IN3O. The number of amides is 1. The van der Waals surface area contributed by atoms with Crippen LogP contribution < -0.4 is 5.32 Å². The number of carbonyl (C=O) groups excluding carboxylic acids is 1. The summed E-state index contributed by atoms with van der Waals surface area (Å²) in [7, 11) is 0. The summed E-state index contributed by atoms with van der Waals surface area (Å²) in [6, 6.07) is 5.86. The number of hydrogen-bond donors (Lipinski definition) is 1. The molecule has 1 aromatic heterocycles. The van der Waals surface area contributed by atoms with Crippen LogP contribution in [0.4, 0.5) is 0 Å². The van der Waals surface area contributed by atoms with Crippen molar-refractivity contribution in [3.05, 3.63) is 45.6 Å². The molecule has 0 fully saturated rings. The van der Waals surface area contributed by atoms with Gasteiger partial charge in [0.2, 0.25) is 0 Å². The summed E-state index contributed by atoms with van der Waals surface area (Å²) >= 11 is 2.24. The maximum absolute atomic E-state index is 12.5. The second-order valence-electron chi connectivity index (χ2n) is 6.91. The van der Waals surface area contributed by atoms with Crippen molar-refractivity contribution < 1.29 is 4.79 Å². The Hall–Kier alpha value is -1.50. The molecule has 1 heterocycles. The van der Waals surface area contributed by atoms with Crippen LogP contribution in [-0.2, 0) is 0 Å². The molecule has 0 bridgehead atoms. The molecule has 0 atom stereocenters. The second-order valence-corrected chi connectivity index (χ2v) is 8.15. The first-order valence-electron chi connectivity index (χ1n) is 7.61. The van der Waals surface area contributed by atoms with Gasteiger partial charge in [0.1, 0.15) is 6.33 Å². The molecule has 0 aliphatic carbocycles. The first-order chi connectivity index (χ1) is 10.7. The van der Waals surface area contributed by atoms with Gasteiger partial charge in [-0.2, -0.15) is 0 Å². The third-order valence-corrected chi connectivity index (χ3v) is 3.87. The molecule has 4 nitrogen and oxygen atoms in total. The van der Waals surface area contributed by atoms with E-state index in [-0.39, 0.29) is 17.4 Å². The molecular weight excluding hydrogens is 401 g/mol. The Labute approximate surface area is 151 Å². The molecule has 0 radical (unpaired) electrons. The largest absolute Gasteiger partial charge is 0.347 e. The van der Waals surface area contributed by atoms with Crippen LogP contribution in [0.15, 0.2) is 30.7 Å². The fraction of sp³-hybridized carbons (Fsp3) is 0.389. The summed E-state index contributed by atoms with van der Waals surface area (Å²) in [5.74, 6) is 0.220. The van der Waals surface area contributed by atoms with Crippen molar-refractivity contribution >= 4 is 28.5 Å². The van der Waals surface area contributed by atoms with Gasteiger partial charge in [-0.15, -0.1) is 0 Å². The molecule has 0 aliphatic rings. The minimum Gasteiger partial charge on any atom is -0.347 e. The highest BCUT2D eigenvalue weighted by molar-refractivity contribution is 14.1. The predicted octanol–water partition coefficient (Wildman–Crippen LogP) is 4.40. The van der Waals surface area contributed by atoms with Gasteiger partial charge in [0.25, 0.3) is 5.91 Å². The lowest BCUT2D eigenvalue weighted by Gasteiger charge is -2.21. The fourth-order valence-corrected chi connectivity index (χ4v) is 2.98. The van der Waals surface area contributed by atoms with Crippen molar-refractivity contribution in [3.63, 3.8) is 0 Å². The number of nitrogens with zero attached hydrogens (tertiary/aromatic N) is 2. The van der Waals surface area contributed by atoms with Crippen LogP contribution in [0.1, 0.15) is 56.6 Å². The number of benzene rings is 1. The molecule has 2 aromatic rings. The van der Waals surface area contributed by atoms with Gasteiger partial charge in [0.15, 0.2) is 0 Å². The van der Waals surface area contributed by atoms with E-state index in [1.807, 2.05) is 39.1 Å². The van der Waals surface area contributed by atoms with Gasteiger partial charge in [0, 0.05) is 26.4 Å². The van der Waals surface area contributed by atoms with E-state index < -0.39 is 0 Å². The van der Waals surface area contributed by atoms with Crippen molar-refractivity contribution in [1.82, 2.24) is 15.3 Å². The molecule has 5 heteroatoms. The van der Waals surface area contributed by atoms with Crippen LogP contribution in [0.2, 0.25) is 0 Å². The van der Waals surface area contributed by atoms with Gasteiger partial charge in [-0.25, -0.2) is 9.97 Å². The smallest absolute Gasteiger partial charge is 0.251 e. The van der Waals surface area contributed by atoms with Crippen LogP contribution in [0.5, 0.6) is 0 Å². The zero-order valence-corrected chi connectivity index (χ0v) is 16.3. The molecule has 2 rings (SSSR count). The van der Waals surface area contributed by atoms with Gasteiger partial charge >= 0.3 is 0 Å². The molecule has 0 unspecified atom stereocenters. The summed E-state index contributed by atoms with van der Waals surface area (Å²) in [6.07, 6.45) is 3.39. The Morgan fingerprint density at radius 1 is 1.22 bits per heavy atom. The lowest BCUT2D eigenvalue weighted by atomic mass is 9.97. The van der Waals surface area contributed by atoms with E-state index in [9.17, 15) is 4.79 Å². The van der Waals surface area contributed by atoms with Crippen molar-refractivity contribution in [2.75, 3.05) is 0 Å². The zero-order valence-electron chi connectivity index (χ0n) is 14.1. The number of nitrogens with one attached hydrogen (secondary N) is 1. The van der Waals surface area contributed by atoms with Crippen molar-refractivity contribution in [1.29, 1.82) is 0 Å². The second kappa shape index (κ2) is 6.95. The number of rotatable bonds is 3. The Morgan fingerprint density at radius 2 is 1.91 bits per heavy atom. The molecule has 0 saturated carbocycles. The quantitative estimate of drug-likeness (QED) is 0.745. The van der Waals surface area contributed by atoms with E-state index in [0.29, 0.717) is 5.56 Å². The molecule has 0 saturated heterocycles.